The first kappa shape index (κ1) is 18.6. The number of aliphatic imine (C=N–C) groups is 1. The average molecular weight is 365 g/mol. The fourth-order valence-electron chi connectivity index (χ4n) is 2.40. The van der Waals surface area contributed by atoms with E-state index in [1.165, 1.54) is 6.07 Å². The third-order valence-electron chi connectivity index (χ3n) is 3.79. The summed E-state index contributed by atoms with van der Waals surface area (Å²) in [7, 11) is 0. The normalized spacial score (nSPS) is 12.2. The molecule has 0 aliphatic carbocycles. The molecule has 0 amide bonds. The van der Waals surface area contributed by atoms with Crippen molar-refractivity contribution in [3.63, 3.8) is 0 Å². The molecule has 0 aliphatic rings. The predicted octanol–water partition coefficient (Wildman–Crippen LogP) is 2.07. The van der Waals surface area contributed by atoms with Crippen LogP contribution < -0.4 is 11.5 Å². The number of rotatable bonds is 5. The van der Waals surface area contributed by atoms with Gasteiger partial charge in [0, 0.05) is 22.9 Å². The number of quaternary nitrogens is 1. The Morgan fingerprint density at radius 1 is 1.04 bits per heavy atom. The lowest BCUT2D eigenvalue weighted by Crippen LogP contribution is -2.70. The zero-order valence-electron chi connectivity index (χ0n) is 15.4. The number of pyridine rings is 1. The Hall–Kier alpha value is -3.19. The minimum Gasteiger partial charge on any atom is -0.384 e. The smallest absolute Gasteiger partial charge is 0.142 e. The standard InChI is InChI=1S/C20H21FN6/c1-20(2,23)12-26-19(22)14-5-3-13(4-6-14)17-10-25-11-18(27-17)15-7-16(21)9-24-8-15/h3-11H,12,23H2,1-2H3,(H2,22,26)/p+1. The van der Waals surface area contributed by atoms with E-state index < -0.39 is 5.82 Å². The maximum atomic E-state index is 13.4. The molecule has 138 valence electrons. The molecule has 2 heterocycles. The molecule has 0 saturated heterocycles. The molecule has 0 aliphatic heterocycles. The van der Waals surface area contributed by atoms with Gasteiger partial charge in [-0.15, -0.1) is 0 Å². The number of hydrogen-bond donors (Lipinski definition) is 2. The van der Waals surface area contributed by atoms with Crippen molar-refractivity contribution in [2.75, 3.05) is 6.54 Å². The van der Waals surface area contributed by atoms with Crippen LogP contribution in [0.1, 0.15) is 19.4 Å². The van der Waals surface area contributed by atoms with Gasteiger partial charge in [-0.1, -0.05) is 24.3 Å². The molecule has 1 aromatic carbocycles. The van der Waals surface area contributed by atoms with Crippen molar-refractivity contribution < 1.29 is 10.1 Å². The number of nitrogens with two attached hydrogens (primary N) is 1. The molecule has 2 aromatic heterocycles. The van der Waals surface area contributed by atoms with Crippen molar-refractivity contribution in [3.8, 4) is 22.5 Å². The van der Waals surface area contributed by atoms with Crippen molar-refractivity contribution in [1.29, 1.82) is 0 Å². The molecule has 0 bridgehead atoms. The van der Waals surface area contributed by atoms with Gasteiger partial charge in [0.25, 0.3) is 0 Å². The van der Waals surface area contributed by atoms with Gasteiger partial charge in [-0.05, 0) is 19.9 Å². The van der Waals surface area contributed by atoms with Gasteiger partial charge in [-0.25, -0.2) is 9.37 Å². The molecule has 27 heavy (non-hydrogen) atoms. The summed E-state index contributed by atoms with van der Waals surface area (Å²) in [6.45, 7) is 4.56. The number of amidine groups is 1. The van der Waals surface area contributed by atoms with E-state index in [9.17, 15) is 4.39 Å². The third-order valence-corrected chi connectivity index (χ3v) is 3.79. The summed E-state index contributed by atoms with van der Waals surface area (Å²) in [6.07, 6.45) is 5.95. The molecule has 0 saturated carbocycles. The van der Waals surface area contributed by atoms with Crippen LogP contribution in [0.15, 0.2) is 60.1 Å². The van der Waals surface area contributed by atoms with Crippen LogP contribution in [0.5, 0.6) is 0 Å². The third kappa shape index (κ3) is 4.92. The number of benzene rings is 1. The molecule has 6 nitrogen and oxygen atoms in total. The quantitative estimate of drug-likeness (QED) is 0.533. The monoisotopic (exact) mass is 365 g/mol. The summed E-state index contributed by atoms with van der Waals surface area (Å²) in [4.78, 5) is 17.0. The predicted molar refractivity (Wildman–Crippen MR) is 103 cm³/mol. The van der Waals surface area contributed by atoms with Crippen LogP contribution in [-0.4, -0.2) is 32.9 Å². The number of aromatic nitrogens is 3. The first-order valence-corrected chi connectivity index (χ1v) is 8.51. The number of nitrogens with zero attached hydrogens (tertiary/aromatic N) is 4. The van der Waals surface area contributed by atoms with E-state index in [1.807, 2.05) is 38.1 Å². The lowest BCUT2D eigenvalue weighted by atomic mass is 10.1. The minimum atomic E-state index is -0.413. The molecule has 0 spiro atoms. The number of halogens is 1. The Morgan fingerprint density at radius 2 is 1.67 bits per heavy atom. The lowest BCUT2D eigenvalue weighted by Gasteiger charge is -2.11. The van der Waals surface area contributed by atoms with Crippen molar-refractivity contribution in [2.45, 2.75) is 19.4 Å². The molecule has 0 radical (unpaired) electrons. The van der Waals surface area contributed by atoms with Gasteiger partial charge < -0.3 is 11.5 Å². The number of hydrogen-bond acceptors (Lipinski definition) is 4. The Kier molecular flexibility index (Phi) is 5.23. The summed E-state index contributed by atoms with van der Waals surface area (Å²) in [5, 5.41) is 0. The molecular weight excluding hydrogens is 343 g/mol. The summed E-state index contributed by atoms with van der Waals surface area (Å²) in [5.41, 5.74) is 13.4. The van der Waals surface area contributed by atoms with Crippen LogP contribution in [0, 0.1) is 5.82 Å². The Morgan fingerprint density at radius 3 is 2.30 bits per heavy atom. The van der Waals surface area contributed by atoms with Crippen molar-refractivity contribution in [3.05, 3.63) is 66.5 Å². The minimum absolute atomic E-state index is 0.160. The summed E-state index contributed by atoms with van der Waals surface area (Å²) in [5.74, 6) is 0.0632. The SMILES string of the molecule is CC(C)([NH3+])CN=C(N)c1ccc(-c2cncc(-c3cncc(F)c3)n2)cc1. The molecule has 0 atom stereocenters. The lowest BCUT2D eigenvalue weighted by molar-refractivity contribution is -0.461. The van der Waals surface area contributed by atoms with E-state index in [0.29, 0.717) is 29.3 Å². The van der Waals surface area contributed by atoms with Crippen molar-refractivity contribution in [2.24, 2.45) is 10.7 Å². The van der Waals surface area contributed by atoms with Gasteiger partial charge in [0.15, 0.2) is 0 Å². The second kappa shape index (κ2) is 7.59. The zero-order chi connectivity index (χ0) is 19.4. The van der Waals surface area contributed by atoms with E-state index in [-0.39, 0.29) is 5.54 Å². The van der Waals surface area contributed by atoms with Gasteiger partial charge in [0.05, 0.1) is 36.5 Å². The van der Waals surface area contributed by atoms with Crippen LogP contribution in [0.25, 0.3) is 22.5 Å². The van der Waals surface area contributed by atoms with Crippen molar-refractivity contribution >= 4 is 5.84 Å². The van der Waals surface area contributed by atoms with E-state index in [1.54, 1.807) is 18.6 Å². The molecule has 0 fully saturated rings. The fraction of sp³-hybridized carbons (Fsp3) is 0.200. The maximum absolute atomic E-state index is 13.4. The molecule has 3 aromatic rings. The maximum Gasteiger partial charge on any atom is 0.142 e. The average Bonchev–Trinajstić information content (AvgIpc) is 2.66. The van der Waals surface area contributed by atoms with Crippen LogP contribution >= 0.6 is 0 Å². The highest BCUT2D eigenvalue weighted by atomic mass is 19.1. The second-order valence-corrected chi connectivity index (χ2v) is 7.12. The van der Waals surface area contributed by atoms with Crippen LogP contribution in [-0.2, 0) is 0 Å². The molecule has 0 unspecified atom stereocenters. The second-order valence-electron chi connectivity index (χ2n) is 7.12. The van der Waals surface area contributed by atoms with E-state index in [0.717, 1.165) is 17.3 Å². The van der Waals surface area contributed by atoms with Gasteiger partial charge in [0.2, 0.25) is 0 Å². The van der Waals surface area contributed by atoms with Crippen LogP contribution in [0.2, 0.25) is 0 Å². The van der Waals surface area contributed by atoms with Gasteiger partial charge in [0.1, 0.15) is 17.2 Å². The first-order chi connectivity index (χ1) is 12.8. The molecular formula is C20H22FN6+. The van der Waals surface area contributed by atoms with Gasteiger partial charge in [-0.2, -0.15) is 0 Å². The first-order valence-electron chi connectivity index (χ1n) is 8.51. The van der Waals surface area contributed by atoms with Crippen LogP contribution in [0.3, 0.4) is 0 Å². The molecule has 7 heteroatoms. The summed E-state index contributed by atoms with van der Waals surface area (Å²) < 4.78 is 13.4. The van der Waals surface area contributed by atoms with E-state index in [4.69, 9.17) is 5.73 Å². The van der Waals surface area contributed by atoms with Gasteiger partial charge in [-0.3, -0.25) is 15.0 Å². The van der Waals surface area contributed by atoms with Gasteiger partial charge >= 0.3 is 0 Å². The Labute approximate surface area is 157 Å². The largest absolute Gasteiger partial charge is 0.384 e. The highest BCUT2D eigenvalue weighted by Crippen LogP contribution is 2.22. The van der Waals surface area contributed by atoms with Crippen molar-refractivity contribution in [1.82, 2.24) is 15.0 Å². The zero-order valence-corrected chi connectivity index (χ0v) is 15.4. The Bertz CT molecular complexity index is 961. The Balaban J connectivity index is 1.84. The molecule has 3 rings (SSSR count). The fourth-order valence-corrected chi connectivity index (χ4v) is 2.40. The summed E-state index contributed by atoms with van der Waals surface area (Å²) >= 11 is 0. The molecule has 5 N–H and O–H groups in total. The van der Waals surface area contributed by atoms with Crippen LogP contribution in [0.4, 0.5) is 4.39 Å². The topological polar surface area (TPSA) is 105 Å². The van der Waals surface area contributed by atoms with E-state index >= 15 is 0 Å². The summed E-state index contributed by atoms with van der Waals surface area (Å²) in [6, 6.07) is 8.98. The van der Waals surface area contributed by atoms with E-state index in [2.05, 4.69) is 25.7 Å². The highest BCUT2D eigenvalue weighted by molar-refractivity contribution is 5.97. The highest BCUT2D eigenvalue weighted by Gasteiger charge is 2.14.